The summed E-state index contributed by atoms with van der Waals surface area (Å²) in [5.41, 5.74) is 8.34. The molecular weight excluding hydrogens is 222 g/mol. The fraction of sp³-hybridized carbons (Fsp3) is 0.600. The lowest BCUT2D eigenvalue weighted by Crippen LogP contribution is -2.46. The molecule has 0 amide bonds. The Balaban J connectivity index is 1.84. The molecule has 0 radical (unpaired) electrons. The molecule has 0 aromatic heterocycles. The number of aryl methyl sites for hydroxylation is 1. The first kappa shape index (κ1) is 13.4. The lowest BCUT2D eigenvalue weighted by Gasteiger charge is -2.36. The first-order valence-corrected chi connectivity index (χ1v) is 7.10. The van der Waals surface area contributed by atoms with E-state index in [2.05, 4.69) is 41.0 Å². The van der Waals surface area contributed by atoms with Crippen molar-refractivity contribution in [1.82, 2.24) is 4.90 Å². The molecule has 1 heterocycles. The van der Waals surface area contributed by atoms with Gasteiger partial charge in [0.05, 0.1) is 0 Å². The van der Waals surface area contributed by atoms with Gasteiger partial charge in [-0.15, -0.1) is 0 Å². The van der Waals surface area contributed by atoms with Crippen molar-refractivity contribution in [2.45, 2.75) is 19.8 Å². The maximum absolute atomic E-state index is 5.55. The normalized spacial score (nSPS) is 17.1. The molecule has 1 aromatic rings. The van der Waals surface area contributed by atoms with Gasteiger partial charge in [0.1, 0.15) is 0 Å². The van der Waals surface area contributed by atoms with Gasteiger partial charge < -0.3 is 10.6 Å². The fourth-order valence-corrected chi connectivity index (χ4v) is 2.49. The summed E-state index contributed by atoms with van der Waals surface area (Å²) in [7, 11) is 0. The van der Waals surface area contributed by atoms with Gasteiger partial charge in [0.15, 0.2) is 0 Å². The van der Waals surface area contributed by atoms with E-state index in [0.717, 1.165) is 52.1 Å². The lowest BCUT2D eigenvalue weighted by atomic mass is 10.1. The highest BCUT2D eigenvalue weighted by molar-refractivity contribution is 5.48. The number of anilines is 1. The lowest BCUT2D eigenvalue weighted by molar-refractivity contribution is 0.256. The highest BCUT2D eigenvalue weighted by Crippen LogP contribution is 2.17. The number of nitrogens with two attached hydrogens (primary N) is 1. The van der Waals surface area contributed by atoms with Crippen LogP contribution in [0.25, 0.3) is 0 Å². The first-order chi connectivity index (χ1) is 8.83. The van der Waals surface area contributed by atoms with E-state index in [4.69, 9.17) is 5.73 Å². The molecule has 0 aliphatic carbocycles. The largest absolute Gasteiger partial charge is 0.369 e. The Kier molecular flexibility index (Phi) is 5.02. The van der Waals surface area contributed by atoms with E-state index in [9.17, 15) is 0 Å². The summed E-state index contributed by atoms with van der Waals surface area (Å²) in [4.78, 5) is 5.00. The third-order valence-corrected chi connectivity index (χ3v) is 3.76. The number of hydrogen-bond acceptors (Lipinski definition) is 3. The number of piperazine rings is 1. The fourth-order valence-electron chi connectivity index (χ4n) is 2.49. The van der Waals surface area contributed by atoms with E-state index < -0.39 is 0 Å². The van der Waals surface area contributed by atoms with Gasteiger partial charge in [0.25, 0.3) is 0 Å². The van der Waals surface area contributed by atoms with Gasteiger partial charge in [-0.1, -0.05) is 19.1 Å². The van der Waals surface area contributed by atoms with Crippen LogP contribution in [0.5, 0.6) is 0 Å². The number of rotatable bonds is 5. The van der Waals surface area contributed by atoms with Crippen molar-refractivity contribution < 1.29 is 0 Å². The van der Waals surface area contributed by atoms with Gasteiger partial charge in [-0.2, -0.15) is 0 Å². The minimum atomic E-state index is 0.804. The van der Waals surface area contributed by atoms with Gasteiger partial charge in [-0.05, 0) is 43.6 Å². The Morgan fingerprint density at radius 2 is 1.72 bits per heavy atom. The van der Waals surface area contributed by atoms with E-state index in [0.29, 0.717) is 0 Å². The zero-order valence-electron chi connectivity index (χ0n) is 11.4. The molecule has 0 atom stereocenters. The van der Waals surface area contributed by atoms with Crippen LogP contribution in [0.15, 0.2) is 24.3 Å². The van der Waals surface area contributed by atoms with E-state index in [1.165, 1.54) is 11.3 Å². The average Bonchev–Trinajstić information content (AvgIpc) is 2.46. The molecule has 0 spiro atoms. The minimum absolute atomic E-state index is 0.804. The molecule has 1 aliphatic heterocycles. The Morgan fingerprint density at radius 3 is 2.28 bits per heavy atom. The van der Waals surface area contributed by atoms with Crippen molar-refractivity contribution in [3.05, 3.63) is 29.8 Å². The molecule has 0 bridgehead atoms. The Morgan fingerprint density at radius 1 is 1.06 bits per heavy atom. The quantitative estimate of drug-likeness (QED) is 0.860. The van der Waals surface area contributed by atoms with Crippen LogP contribution in [0.3, 0.4) is 0 Å². The second-order valence-electron chi connectivity index (χ2n) is 4.99. The summed E-state index contributed by atoms with van der Waals surface area (Å²) in [6, 6.07) is 9.01. The van der Waals surface area contributed by atoms with Crippen LogP contribution in [0, 0.1) is 0 Å². The summed E-state index contributed by atoms with van der Waals surface area (Å²) in [6.07, 6.45) is 2.23. The zero-order valence-corrected chi connectivity index (χ0v) is 11.4. The number of hydrogen-bond donors (Lipinski definition) is 1. The SMILES string of the molecule is CCc1ccc(N2CCN(CCCN)CC2)cc1. The van der Waals surface area contributed by atoms with Crippen LogP contribution in [-0.2, 0) is 6.42 Å². The third-order valence-electron chi connectivity index (χ3n) is 3.76. The monoisotopic (exact) mass is 247 g/mol. The predicted molar refractivity (Wildman–Crippen MR) is 78.1 cm³/mol. The van der Waals surface area contributed by atoms with Gasteiger partial charge in [-0.25, -0.2) is 0 Å². The van der Waals surface area contributed by atoms with Gasteiger partial charge in [0, 0.05) is 31.9 Å². The summed E-state index contributed by atoms with van der Waals surface area (Å²) in [6.45, 7) is 8.75. The molecule has 2 N–H and O–H groups in total. The van der Waals surface area contributed by atoms with Crippen LogP contribution in [-0.4, -0.2) is 44.2 Å². The molecule has 18 heavy (non-hydrogen) atoms. The summed E-state index contributed by atoms with van der Waals surface area (Å²) in [5.74, 6) is 0. The highest BCUT2D eigenvalue weighted by atomic mass is 15.3. The third kappa shape index (κ3) is 3.47. The van der Waals surface area contributed by atoms with Crippen LogP contribution >= 0.6 is 0 Å². The van der Waals surface area contributed by atoms with Crippen LogP contribution < -0.4 is 10.6 Å². The summed E-state index contributed by atoms with van der Waals surface area (Å²) >= 11 is 0. The van der Waals surface area contributed by atoms with E-state index >= 15 is 0 Å². The molecule has 100 valence electrons. The van der Waals surface area contributed by atoms with Crippen molar-refractivity contribution in [3.8, 4) is 0 Å². The van der Waals surface area contributed by atoms with Crippen molar-refractivity contribution in [1.29, 1.82) is 0 Å². The molecule has 1 aromatic carbocycles. The molecule has 3 heteroatoms. The van der Waals surface area contributed by atoms with E-state index in [-0.39, 0.29) is 0 Å². The number of nitrogens with zero attached hydrogens (tertiary/aromatic N) is 2. The highest BCUT2D eigenvalue weighted by Gasteiger charge is 2.16. The van der Waals surface area contributed by atoms with Crippen LogP contribution in [0.2, 0.25) is 0 Å². The molecule has 0 unspecified atom stereocenters. The first-order valence-electron chi connectivity index (χ1n) is 7.10. The van der Waals surface area contributed by atoms with Crippen LogP contribution in [0.1, 0.15) is 18.9 Å². The van der Waals surface area contributed by atoms with Crippen molar-refractivity contribution in [3.63, 3.8) is 0 Å². The molecule has 1 saturated heterocycles. The topological polar surface area (TPSA) is 32.5 Å². The van der Waals surface area contributed by atoms with Gasteiger partial charge >= 0.3 is 0 Å². The average molecular weight is 247 g/mol. The van der Waals surface area contributed by atoms with Crippen molar-refractivity contribution in [2.24, 2.45) is 5.73 Å². The van der Waals surface area contributed by atoms with E-state index in [1.54, 1.807) is 0 Å². The Bertz CT molecular complexity index is 339. The second-order valence-corrected chi connectivity index (χ2v) is 4.99. The Hall–Kier alpha value is -1.06. The van der Waals surface area contributed by atoms with Crippen LogP contribution in [0.4, 0.5) is 5.69 Å². The molecule has 0 saturated carbocycles. The number of benzene rings is 1. The molecule has 2 rings (SSSR count). The molecule has 3 nitrogen and oxygen atoms in total. The van der Waals surface area contributed by atoms with Crippen molar-refractivity contribution in [2.75, 3.05) is 44.2 Å². The van der Waals surface area contributed by atoms with Gasteiger partial charge in [-0.3, -0.25) is 4.90 Å². The smallest absolute Gasteiger partial charge is 0.0367 e. The maximum Gasteiger partial charge on any atom is 0.0367 e. The molecular formula is C15H25N3. The molecule has 1 aliphatic rings. The molecule has 1 fully saturated rings. The van der Waals surface area contributed by atoms with E-state index in [1.807, 2.05) is 0 Å². The summed E-state index contributed by atoms with van der Waals surface area (Å²) in [5, 5.41) is 0. The predicted octanol–water partition coefficient (Wildman–Crippen LogP) is 1.72. The second kappa shape index (κ2) is 6.76. The summed E-state index contributed by atoms with van der Waals surface area (Å²) < 4.78 is 0. The maximum atomic E-state index is 5.55. The van der Waals surface area contributed by atoms with Crippen molar-refractivity contribution >= 4 is 5.69 Å². The van der Waals surface area contributed by atoms with Gasteiger partial charge in [0.2, 0.25) is 0 Å². The minimum Gasteiger partial charge on any atom is -0.369 e. The standard InChI is InChI=1S/C15H25N3/c1-2-14-4-6-15(7-5-14)18-12-10-17(11-13-18)9-3-8-16/h4-7H,2-3,8-13,16H2,1H3. The Labute approximate surface area is 111 Å². The zero-order chi connectivity index (χ0) is 12.8.